The first-order valence-corrected chi connectivity index (χ1v) is 4.78. The van der Waals surface area contributed by atoms with Gasteiger partial charge in [0.05, 0.1) is 6.10 Å². The van der Waals surface area contributed by atoms with Crippen LogP contribution in [-0.4, -0.2) is 24.3 Å². The van der Waals surface area contributed by atoms with Gasteiger partial charge in [-0.2, -0.15) is 0 Å². The van der Waals surface area contributed by atoms with Gasteiger partial charge in [-0.15, -0.1) is 6.58 Å². The maximum Gasteiger partial charge on any atom is 0.0690 e. The molecule has 0 aliphatic carbocycles. The highest BCUT2D eigenvalue weighted by Gasteiger charge is 1.93. The van der Waals surface area contributed by atoms with E-state index in [1.807, 2.05) is 13.8 Å². The molecule has 2 N–H and O–H groups in total. The topological polar surface area (TPSA) is 32.3 Å². The van der Waals surface area contributed by atoms with Gasteiger partial charge in [-0.1, -0.05) is 19.9 Å². The summed E-state index contributed by atoms with van der Waals surface area (Å²) in [4.78, 5) is 0. The lowest BCUT2D eigenvalue weighted by atomic mass is 10.4. The zero-order chi connectivity index (χ0) is 9.82. The minimum atomic E-state index is -0.352. The van der Waals surface area contributed by atoms with Crippen molar-refractivity contribution in [2.75, 3.05) is 13.1 Å². The molecule has 2 heteroatoms. The molecule has 1 fully saturated rings. The van der Waals surface area contributed by atoms with Gasteiger partial charge in [0, 0.05) is 0 Å². The minimum absolute atomic E-state index is 0.352. The van der Waals surface area contributed by atoms with Gasteiger partial charge in [0.25, 0.3) is 0 Å². The number of nitrogens with one attached hydrogen (secondary N) is 1. The van der Waals surface area contributed by atoms with Crippen molar-refractivity contribution < 1.29 is 5.11 Å². The lowest BCUT2D eigenvalue weighted by Gasteiger charge is -1.84. The van der Waals surface area contributed by atoms with Crippen molar-refractivity contribution >= 4 is 0 Å². The number of hydrogen-bond donors (Lipinski definition) is 2. The molecule has 1 atom stereocenters. The second-order valence-electron chi connectivity index (χ2n) is 2.43. The predicted molar refractivity (Wildman–Crippen MR) is 55.3 cm³/mol. The van der Waals surface area contributed by atoms with Crippen LogP contribution in [0.15, 0.2) is 12.7 Å². The van der Waals surface area contributed by atoms with E-state index in [2.05, 4.69) is 11.9 Å². The van der Waals surface area contributed by atoms with Gasteiger partial charge in [0.1, 0.15) is 0 Å². The molecule has 0 spiro atoms. The fourth-order valence-corrected chi connectivity index (χ4v) is 0.625. The number of aliphatic hydroxyl groups excluding tert-OH is 1. The van der Waals surface area contributed by atoms with Crippen LogP contribution in [0.1, 0.15) is 33.6 Å². The molecule has 1 saturated heterocycles. The average Bonchev–Trinajstić information content (AvgIpc) is 2.65. The molecule has 1 aliphatic rings. The highest BCUT2D eigenvalue weighted by Crippen LogP contribution is 1.90. The highest BCUT2D eigenvalue weighted by molar-refractivity contribution is 4.72. The summed E-state index contributed by atoms with van der Waals surface area (Å²) in [6.45, 7) is 11.5. The van der Waals surface area contributed by atoms with E-state index in [0.717, 1.165) is 0 Å². The average molecular weight is 173 g/mol. The van der Waals surface area contributed by atoms with Crippen molar-refractivity contribution in [3.63, 3.8) is 0 Å². The van der Waals surface area contributed by atoms with Crippen LogP contribution in [0.25, 0.3) is 0 Å². The van der Waals surface area contributed by atoms with E-state index in [1.165, 1.54) is 32.0 Å². The van der Waals surface area contributed by atoms with Crippen LogP contribution < -0.4 is 5.32 Å². The molecule has 0 amide bonds. The zero-order valence-electron chi connectivity index (χ0n) is 8.64. The molecule has 1 unspecified atom stereocenters. The summed E-state index contributed by atoms with van der Waals surface area (Å²) in [6.07, 6.45) is 3.90. The number of rotatable bonds is 1. The smallest absolute Gasteiger partial charge is 0.0690 e. The Kier molecular flexibility index (Phi) is 15.7. The molecule has 12 heavy (non-hydrogen) atoms. The second kappa shape index (κ2) is 13.3. The van der Waals surface area contributed by atoms with E-state index in [0.29, 0.717) is 0 Å². The molecular formula is C10H23NO. The third-order valence-corrected chi connectivity index (χ3v) is 1.30. The normalized spacial score (nSPS) is 16.3. The van der Waals surface area contributed by atoms with Crippen molar-refractivity contribution in [2.24, 2.45) is 0 Å². The summed E-state index contributed by atoms with van der Waals surface area (Å²) in [6, 6.07) is 0. The van der Waals surface area contributed by atoms with Crippen LogP contribution in [0.4, 0.5) is 0 Å². The fraction of sp³-hybridized carbons (Fsp3) is 0.800. The summed E-state index contributed by atoms with van der Waals surface area (Å²) < 4.78 is 0. The van der Waals surface area contributed by atoms with Gasteiger partial charge < -0.3 is 10.4 Å². The first-order valence-electron chi connectivity index (χ1n) is 4.78. The van der Waals surface area contributed by atoms with Crippen molar-refractivity contribution in [2.45, 2.75) is 39.7 Å². The van der Waals surface area contributed by atoms with Crippen LogP contribution in [-0.2, 0) is 0 Å². The van der Waals surface area contributed by atoms with E-state index >= 15 is 0 Å². The van der Waals surface area contributed by atoms with Gasteiger partial charge in [0.15, 0.2) is 0 Å². The Bertz CT molecular complexity index is 70.3. The van der Waals surface area contributed by atoms with Gasteiger partial charge >= 0.3 is 0 Å². The molecule has 1 aliphatic heterocycles. The monoisotopic (exact) mass is 173 g/mol. The molecule has 1 heterocycles. The summed E-state index contributed by atoms with van der Waals surface area (Å²) in [5, 5.41) is 11.5. The Balaban J connectivity index is 0. The predicted octanol–water partition coefficient (Wildman–Crippen LogP) is 1.95. The Morgan fingerprint density at radius 1 is 1.33 bits per heavy atom. The molecule has 1 rings (SSSR count). The molecular weight excluding hydrogens is 150 g/mol. The minimum Gasteiger partial charge on any atom is -0.389 e. The maximum absolute atomic E-state index is 8.24. The van der Waals surface area contributed by atoms with Gasteiger partial charge in [0.2, 0.25) is 0 Å². The van der Waals surface area contributed by atoms with E-state index in [-0.39, 0.29) is 6.10 Å². The number of aliphatic hydroxyl groups is 1. The maximum atomic E-state index is 8.24. The van der Waals surface area contributed by atoms with E-state index in [1.54, 1.807) is 6.92 Å². The number of hydrogen-bond acceptors (Lipinski definition) is 2. The van der Waals surface area contributed by atoms with Gasteiger partial charge in [-0.05, 0) is 32.9 Å². The largest absolute Gasteiger partial charge is 0.389 e. The summed E-state index contributed by atoms with van der Waals surface area (Å²) in [5.74, 6) is 0. The Morgan fingerprint density at radius 3 is 1.75 bits per heavy atom. The molecule has 0 saturated carbocycles. The Labute approximate surface area is 76.7 Å². The van der Waals surface area contributed by atoms with Crippen molar-refractivity contribution in [3.8, 4) is 0 Å². The third kappa shape index (κ3) is 16.3. The standard InChI is InChI=1S/C4H9N.C4H8O.C2H6/c1-2-4-5-3-1;1-3-4(2)5;1-2/h5H,1-4H2;3-5H,1H2,2H3;1-2H3. The third-order valence-electron chi connectivity index (χ3n) is 1.30. The van der Waals surface area contributed by atoms with Crippen molar-refractivity contribution in [3.05, 3.63) is 12.7 Å². The quantitative estimate of drug-likeness (QED) is 0.594. The van der Waals surface area contributed by atoms with Crippen LogP contribution in [0, 0.1) is 0 Å². The van der Waals surface area contributed by atoms with E-state index in [4.69, 9.17) is 5.11 Å². The molecule has 2 nitrogen and oxygen atoms in total. The van der Waals surface area contributed by atoms with Crippen LogP contribution >= 0.6 is 0 Å². The lowest BCUT2D eigenvalue weighted by molar-refractivity contribution is 0.244. The van der Waals surface area contributed by atoms with Crippen LogP contribution in [0.2, 0.25) is 0 Å². The molecule has 0 aromatic carbocycles. The van der Waals surface area contributed by atoms with E-state index in [9.17, 15) is 0 Å². The van der Waals surface area contributed by atoms with Crippen LogP contribution in [0.3, 0.4) is 0 Å². The van der Waals surface area contributed by atoms with Gasteiger partial charge in [-0.3, -0.25) is 0 Å². The van der Waals surface area contributed by atoms with Crippen molar-refractivity contribution in [1.29, 1.82) is 0 Å². The first-order chi connectivity index (χ1) is 5.77. The van der Waals surface area contributed by atoms with Crippen molar-refractivity contribution in [1.82, 2.24) is 5.32 Å². The lowest BCUT2D eigenvalue weighted by Crippen LogP contribution is -2.03. The molecule has 0 aromatic heterocycles. The Morgan fingerprint density at radius 2 is 1.67 bits per heavy atom. The SMILES string of the molecule is C1CCNC1.C=CC(C)O.CC. The molecule has 0 radical (unpaired) electrons. The molecule has 0 bridgehead atoms. The summed E-state index contributed by atoms with van der Waals surface area (Å²) in [5.41, 5.74) is 0. The zero-order valence-corrected chi connectivity index (χ0v) is 8.64. The summed E-state index contributed by atoms with van der Waals surface area (Å²) in [7, 11) is 0. The van der Waals surface area contributed by atoms with Gasteiger partial charge in [-0.25, -0.2) is 0 Å². The second-order valence-corrected chi connectivity index (χ2v) is 2.43. The molecule has 74 valence electrons. The molecule has 0 aromatic rings. The van der Waals surface area contributed by atoms with E-state index < -0.39 is 0 Å². The summed E-state index contributed by atoms with van der Waals surface area (Å²) >= 11 is 0. The fourth-order valence-electron chi connectivity index (χ4n) is 0.625. The Hall–Kier alpha value is -0.340. The highest BCUT2D eigenvalue weighted by atomic mass is 16.3. The van der Waals surface area contributed by atoms with Crippen LogP contribution in [0.5, 0.6) is 0 Å². The first kappa shape index (κ1) is 14.2.